The van der Waals surface area contributed by atoms with Gasteiger partial charge in [0.1, 0.15) is 11.6 Å². The topological polar surface area (TPSA) is 47.0 Å². The Hall–Kier alpha value is -1.62. The van der Waals surface area contributed by atoms with Gasteiger partial charge in [-0.05, 0) is 34.5 Å². The Bertz CT molecular complexity index is 602. The van der Waals surface area contributed by atoms with Crippen LogP contribution in [-0.4, -0.2) is 24.1 Å². The molecule has 0 atom stereocenters. The average molecular weight is 336 g/mol. The molecule has 1 heterocycles. The van der Waals surface area contributed by atoms with Crippen LogP contribution in [0.25, 0.3) is 11.4 Å². The number of nitrogens with one attached hydrogen (secondary N) is 1. The summed E-state index contributed by atoms with van der Waals surface area (Å²) in [6.07, 6.45) is 1.95. The Kier molecular flexibility index (Phi) is 4.95. The van der Waals surface area contributed by atoms with Crippen molar-refractivity contribution in [2.24, 2.45) is 0 Å². The van der Waals surface area contributed by atoms with Gasteiger partial charge in [0.15, 0.2) is 5.82 Å². The number of rotatable bonds is 5. The summed E-state index contributed by atoms with van der Waals surface area (Å²) in [5.74, 6) is 2.32. The van der Waals surface area contributed by atoms with Gasteiger partial charge in [-0.3, -0.25) is 0 Å². The van der Waals surface area contributed by atoms with E-state index in [1.165, 1.54) is 0 Å². The second kappa shape index (κ2) is 6.70. The molecule has 0 amide bonds. The molecular formula is C15H18BrN3O. The molecule has 5 heteroatoms. The van der Waals surface area contributed by atoms with Gasteiger partial charge in [0.2, 0.25) is 0 Å². The molecule has 0 saturated heterocycles. The van der Waals surface area contributed by atoms with Crippen LogP contribution in [0.15, 0.2) is 28.7 Å². The lowest BCUT2D eigenvalue weighted by Crippen LogP contribution is -2.03. The summed E-state index contributed by atoms with van der Waals surface area (Å²) in [5, 5.41) is 3.10. The van der Waals surface area contributed by atoms with Crippen molar-refractivity contribution in [1.29, 1.82) is 0 Å². The maximum Gasteiger partial charge on any atom is 0.161 e. The molecule has 0 bridgehead atoms. The number of hydrogen-bond donors (Lipinski definition) is 1. The number of benzene rings is 1. The zero-order valence-corrected chi connectivity index (χ0v) is 13.5. The van der Waals surface area contributed by atoms with Crippen LogP contribution in [0, 0.1) is 0 Å². The minimum atomic E-state index is 0.708. The number of hydrogen-bond acceptors (Lipinski definition) is 4. The zero-order valence-electron chi connectivity index (χ0n) is 11.9. The van der Waals surface area contributed by atoms with Crippen LogP contribution < -0.4 is 10.1 Å². The summed E-state index contributed by atoms with van der Waals surface area (Å²) in [5.41, 5.74) is 1.97. The SMILES string of the molecule is CCCc1nc(-c2cccc(OC)c2)nc(NC)c1Br. The van der Waals surface area contributed by atoms with Gasteiger partial charge in [-0.25, -0.2) is 9.97 Å². The predicted octanol–water partition coefficient (Wildman–Crippen LogP) is 3.91. The van der Waals surface area contributed by atoms with E-state index in [-0.39, 0.29) is 0 Å². The quantitative estimate of drug-likeness (QED) is 0.899. The lowest BCUT2D eigenvalue weighted by atomic mass is 10.2. The van der Waals surface area contributed by atoms with Crippen LogP contribution in [0.3, 0.4) is 0 Å². The van der Waals surface area contributed by atoms with Gasteiger partial charge in [0.25, 0.3) is 0 Å². The number of ether oxygens (including phenoxy) is 1. The summed E-state index contributed by atoms with van der Waals surface area (Å²) in [7, 11) is 3.52. The van der Waals surface area contributed by atoms with Crippen molar-refractivity contribution < 1.29 is 4.74 Å². The highest BCUT2D eigenvalue weighted by molar-refractivity contribution is 9.10. The van der Waals surface area contributed by atoms with Crippen LogP contribution in [-0.2, 0) is 6.42 Å². The minimum Gasteiger partial charge on any atom is -0.497 e. The zero-order chi connectivity index (χ0) is 14.5. The molecule has 0 fully saturated rings. The van der Waals surface area contributed by atoms with Gasteiger partial charge in [0.05, 0.1) is 17.3 Å². The Morgan fingerprint density at radius 2 is 2.10 bits per heavy atom. The third kappa shape index (κ3) is 3.10. The largest absolute Gasteiger partial charge is 0.497 e. The van der Waals surface area contributed by atoms with E-state index in [1.807, 2.05) is 31.3 Å². The number of methoxy groups -OCH3 is 1. The Morgan fingerprint density at radius 1 is 1.30 bits per heavy atom. The smallest absolute Gasteiger partial charge is 0.161 e. The highest BCUT2D eigenvalue weighted by Crippen LogP contribution is 2.29. The first kappa shape index (κ1) is 14.8. The van der Waals surface area contributed by atoms with Crippen LogP contribution >= 0.6 is 15.9 Å². The van der Waals surface area contributed by atoms with Gasteiger partial charge < -0.3 is 10.1 Å². The van der Waals surface area contributed by atoms with E-state index >= 15 is 0 Å². The molecular weight excluding hydrogens is 318 g/mol. The molecule has 20 heavy (non-hydrogen) atoms. The number of nitrogens with zero attached hydrogens (tertiary/aromatic N) is 2. The molecule has 1 aromatic heterocycles. The lowest BCUT2D eigenvalue weighted by Gasteiger charge is -2.11. The summed E-state index contributed by atoms with van der Waals surface area (Å²) < 4.78 is 6.19. The van der Waals surface area contributed by atoms with Crippen LogP contribution in [0.5, 0.6) is 5.75 Å². The molecule has 2 rings (SSSR count). The van der Waals surface area contributed by atoms with E-state index in [0.717, 1.165) is 40.1 Å². The fraction of sp³-hybridized carbons (Fsp3) is 0.333. The fourth-order valence-corrected chi connectivity index (χ4v) is 2.53. The van der Waals surface area contributed by atoms with E-state index in [4.69, 9.17) is 4.74 Å². The van der Waals surface area contributed by atoms with E-state index in [2.05, 4.69) is 38.1 Å². The Labute approximate surface area is 127 Å². The molecule has 1 aromatic carbocycles. The molecule has 0 aliphatic rings. The first-order valence-electron chi connectivity index (χ1n) is 6.58. The van der Waals surface area contributed by atoms with E-state index in [1.54, 1.807) is 7.11 Å². The van der Waals surface area contributed by atoms with E-state index < -0.39 is 0 Å². The third-order valence-electron chi connectivity index (χ3n) is 2.97. The molecule has 0 aliphatic heterocycles. The van der Waals surface area contributed by atoms with Gasteiger partial charge in [-0.1, -0.05) is 25.5 Å². The molecule has 2 aromatic rings. The van der Waals surface area contributed by atoms with E-state index in [9.17, 15) is 0 Å². The number of halogens is 1. The normalized spacial score (nSPS) is 10.4. The average Bonchev–Trinajstić information content (AvgIpc) is 2.49. The van der Waals surface area contributed by atoms with Gasteiger partial charge in [-0.15, -0.1) is 0 Å². The van der Waals surface area contributed by atoms with Crippen LogP contribution in [0.1, 0.15) is 19.0 Å². The van der Waals surface area contributed by atoms with Crippen molar-refractivity contribution in [3.8, 4) is 17.1 Å². The van der Waals surface area contributed by atoms with Crippen molar-refractivity contribution in [3.63, 3.8) is 0 Å². The second-order valence-electron chi connectivity index (χ2n) is 4.39. The molecule has 0 unspecified atom stereocenters. The maximum atomic E-state index is 5.25. The van der Waals surface area contributed by atoms with Crippen molar-refractivity contribution in [1.82, 2.24) is 9.97 Å². The summed E-state index contributed by atoms with van der Waals surface area (Å²) >= 11 is 3.57. The van der Waals surface area contributed by atoms with Crippen LogP contribution in [0.4, 0.5) is 5.82 Å². The standard InChI is InChI=1S/C15H18BrN3O/c1-4-6-12-13(16)15(17-2)19-14(18-12)10-7-5-8-11(9-10)20-3/h5,7-9H,4,6H2,1-3H3,(H,17,18,19). The Morgan fingerprint density at radius 3 is 2.75 bits per heavy atom. The predicted molar refractivity (Wildman–Crippen MR) is 85.3 cm³/mol. The first-order chi connectivity index (χ1) is 9.69. The lowest BCUT2D eigenvalue weighted by molar-refractivity contribution is 0.415. The van der Waals surface area contributed by atoms with Gasteiger partial charge >= 0.3 is 0 Å². The summed E-state index contributed by atoms with van der Waals surface area (Å²) in [4.78, 5) is 9.22. The molecule has 4 nitrogen and oxygen atoms in total. The Balaban J connectivity index is 2.52. The molecule has 0 aliphatic carbocycles. The summed E-state index contributed by atoms with van der Waals surface area (Å²) in [6, 6.07) is 7.78. The van der Waals surface area contributed by atoms with Crippen molar-refractivity contribution in [2.75, 3.05) is 19.5 Å². The maximum absolute atomic E-state index is 5.25. The van der Waals surface area contributed by atoms with Gasteiger partial charge in [-0.2, -0.15) is 0 Å². The molecule has 0 spiro atoms. The molecule has 1 N–H and O–H groups in total. The highest BCUT2D eigenvalue weighted by Gasteiger charge is 2.12. The van der Waals surface area contributed by atoms with Crippen molar-refractivity contribution >= 4 is 21.7 Å². The number of anilines is 1. The second-order valence-corrected chi connectivity index (χ2v) is 5.18. The minimum absolute atomic E-state index is 0.708. The molecule has 0 saturated carbocycles. The van der Waals surface area contributed by atoms with Crippen molar-refractivity contribution in [3.05, 3.63) is 34.4 Å². The van der Waals surface area contributed by atoms with E-state index in [0.29, 0.717) is 5.82 Å². The van der Waals surface area contributed by atoms with Gasteiger partial charge in [0, 0.05) is 12.6 Å². The van der Waals surface area contributed by atoms with Crippen molar-refractivity contribution in [2.45, 2.75) is 19.8 Å². The number of aryl methyl sites for hydroxylation is 1. The summed E-state index contributed by atoms with van der Waals surface area (Å²) in [6.45, 7) is 2.14. The molecule has 0 radical (unpaired) electrons. The first-order valence-corrected chi connectivity index (χ1v) is 7.37. The third-order valence-corrected chi connectivity index (χ3v) is 3.80. The monoisotopic (exact) mass is 335 g/mol. The highest BCUT2D eigenvalue weighted by atomic mass is 79.9. The fourth-order valence-electron chi connectivity index (χ4n) is 1.95. The molecule has 106 valence electrons. The van der Waals surface area contributed by atoms with Crippen LogP contribution in [0.2, 0.25) is 0 Å². The number of aromatic nitrogens is 2.